The van der Waals surface area contributed by atoms with Crippen molar-refractivity contribution in [3.8, 4) is 23.0 Å². The molecule has 4 aromatic rings. The molecule has 214 valence electrons. The summed E-state index contributed by atoms with van der Waals surface area (Å²) in [5.74, 6) is 3.50. The molecule has 2 aromatic heterocycles. The van der Waals surface area contributed by atoms with Gasteiger partial charge in [-0.25, -0.2) is 9.97 Å². The number of pyridine rings is 1. The molecule has 0 amide bonds. The summed E-state index contributed by atoms with van der Waals surface area (Å²) in [6.07, 6.45) is 7.65. The van der Waals surface area contributed by atoms with Crippen LogP contribution in [0.3, 0.4) is 0 Å². The quantitative estimate of drug-likeness (QED) is 0.247. The largest absolute Gasteiger partial charge is 0.490 e. The van der Waals surface area contributed by atoms with E-state index in [0.717, 1.165) is 74.5 Å². The van der Waals surface area contributed by atoms with Gasteiger partial charge in [-0.15, -0.1) is 0 Å². The number of nitrogens with one attached hydrogen (secondary N) is 1. The zero-order valence-corrected chi connectivity index (χ0v) is 23.0. The number of hydrogen-bond acceptors (Lipinski definition) is 10. The van der Waals surface area contributed by atoms with Crippen LogP contribution in [-0.4, -0.2) is 78.6 Å². The van der Waals surface area contributed by atoms with Crippen LogP contribution in [-0.2, 0) is 9.47 Å². The molecule has 10 heteroatoms. The Labute approximate surface area is 239 Å². The van der Waals surface area contributed by atoms with Crippen molar-refractivity contribution in [1.29, 1.82) is 0 Å². The minimum Gasteiger partial charge on any atom is -0.490 e. The van der Waals surface area contributed by atoms with Gasteiger partial charge in [0.2, 0.25) is 0 Å². The van der Waals surface area contributed by atoms with Crippen LogP contribution >= 0.6 is 0 Å². The first-order valence-electron chi connectivity index (χ1n) is 14.2. The highest BCUT2D eigenvalue weighted by atomic mass is 16.5. The van der Waals surface area contributed by atoms with Gasteiger partial charge in [-0.3, -0.25) is 9.88 Å². The summed E-state index contributed by atoms with van der Waals surface area (Å²) in [5.41, 5.74) is 1.65. The summed E-state index contributed by atoms with van der Waals surface area (Å²) < 4.78 is 29.6. The van der Waals surface area contributed by atoms with E-state index in [2.05, 4.69) is 25.2 Å². The maximum atomic E-state index is 6.48. The first kappa shape index (κ1) is 27.2. The monoisotopic (exact) mass is 557 g/mol. The molecule has 2 aliphatic heterocycles. The van der Waals surface area contributed by atoms with Gasteiger partial charge >= 0.3 is 0 Å². The fourth-order valence-electron chi connectivity index (χ4n) is 4.92. The predicted molar refractivity (Wildman–Crippen MR) is 155 cm³/mol. The van der Waals surface area contributed by atoms with Gasteiger partial charge in [-0.2, -0.15) is 0 Å². The summed E-state index contributed by atoms with van der Waals surface area (Å²) in [7, 11) is 0. The summed E-state index contributed by atoms with van der Waals surface area (Å²) in [6.45, 7) is 6.52. The van der Waals surface area contributed by atoms with Gasteiger partial charge in [0.05, 0.1) is 44.7 Å². The molecule has 0 atom stereocenters. The highest BCUT2D eigenvalue weighted by molar-refractivity contribution is 5.93. The average molecular weight is 558 g/mol. The molecule has 4 heterocycles. The molecule has 0 unspecified atom stereocenters. The van der Waals surface area contributed by atoms with E-state index >= 15 is 0 Å². The smallest absolute Gasteiger partial charge is 0.163 e. The van der Waals surface area contributed by atoms with Gasteiger partial charge < -0.3 is 29.0 Å². The molecular weight excluding hydrogens is 522 g/mol. The number of fused-ring (bicyclic) bond motifs is 1. The van der Waals surface area contributed by atoms with Crippen molar-refractivity contribution >= 4 is 22.4 Å². The third-order valence-electron chi connectivity index (χ3n) is 7.13. The lowest BCUT2D eigenvalue weighted by Crippen LogP contribution is -2.37. The van der Waals surface area contributed by atoms with E-state index in [0.29, 0.717) is 42.9 Å². The molecule has 2 aromatic carbocycles. The highest BCUT2D eigenvalue weighted by Crippen LogP contribution is 2.36. The average Bonchev–Trinajstić information content (AvgIpc) is 3.02. The number of aromatic nitrogens is 3. The summed E-state index contributed by atoms with van der Waals surface area (Å²) in [6, 6.07) is 15.4. The Balaban J connectivity index is 1.19. The lowest BCUT2D eigenvalue weighted by Gasteiger charge is -2.27. The third-order valence-corrected chi connectivity index (χ3v) is 7.13. The zero-order chi connectivity index (χ0) is 27.7. The molecule has 2 saturated heterocycles. The molecule has 0 aliphatic carbocycles. The first-order valence-corrected chi connectivity index (χ1v) is 14.2. The van der Waals surface area contributed by atoms with Crippen LogP contribution < -0.4 is 19.5 Å². The molecule has 0 bridgehead atoms. The minimum absolute atomic E-state index is 0.0744. The molecule has 2 aliphatic rings. The van der Waals surface area contributed by atoms with Crippen molar-refractivity contribution in [2.75, 3.05) is 58.0 Å². The Hall–Kier alpha value is -3.99. The predicted octanol–water partition coefficient (Wildman–Crippen LogP) is 5.22. The van der Waals surface area contributed by atoms with Crippen molar-refractivity contribution in [1.82, 2.24) is 19.9 Å². The van der Waals surface area contributed by atoms with Gasteiger partial charge in [0.15, 0.2) is 11.5 Å². The molecule has 10 nitrogen and oxygen atoms in total. The van der Waals surface area contributed by atoms with Crippen molar-refractivity contribution < 1.29 is 23.7 Å². The Kier molecular flexibility index (Phi) is 9.01. The molecule has 0 saturated carbocycles. The van der Waals surface area contributed by atoms with Crippen LogP contribution in [0.5, 0.6) is 23.0 Å². The Bertz CT molecular complexity index is 1390. The standard InChI is InChI=1S/C31H35N5O5/c1-3-26(21-32-10-1)40-24-6-4-23(5-7-24)35-31-27-19-30(41-25-8-15-37-16-9-25)29(20-28(27)33-22-34-31)39-14-2-11-36-12-17-38-18-13-36/h1,3-7,10,19-22,25H,2,8-9,11-18H2,(H,33,34,35). The van der Waals surface area contributed by atoms with Gasteiger partial charge in [-0.05, 0) is 48.9 Å². The number of ether oxygens (including phenoxy) is 5. The Morgan fingerprint density at radius 1 is 0.902 bits per heavy atom. The van der Waals surface area contributed by atoms with Crippen molar-refractivity contribution in [2.45, 2.75) is 25.4 Å². The van der Waals surface area contributed by atoms with E-state index in [4.69, 9.17) is 23.7 Å². The van der Waals surface area contributed by atoms with Crippen LogP contribution in [0, 0.1) is 0 Å². The van der Waals surface area contributed by atoms with E-state index in [-0.39, 0.29) is 6.10 Å². The van der Waals surface area contributed by atoms with Crippen LogP contribution in [0.25, 0.3) is 10.9 Å². The SMILES string of the molecule is c1cncc(Oc2ccc(Nc3ncnc4cc(OCCCN5CCOCC5)c(OC5CCOCC5)cc34)cc2)c1. The molecule has 41 heavy (non-hydrogen) atoms. The zero-order valence-electron chi connectivity index (χ0n) is 23.0. The molecular formula is C31H35N5O5. The second-order valence-electron chi connectivity index (χ2n) is 10.1. The van der Waals surface area contributed by atoms with Gasteiger partial charge in [0.1, 0.15) is 29.7 Å². The van der Waals surface area contributed by atoms with Gasteiger partial charge in [0.25, 0.3) is 0 Å². The number of rotatable bonds is 11. The Morgan fingerprint density at radius 3 is 2.54 bits per heavy atom. The van der Waals surface area contributed by atoms with Crippen LogP contribution in [0.15, 0.2) is 67.3 Å². The molecule has 0 radical (unpaired) electrons. The molecule has 0 spiro atoms. The number of benzene rings is 2. The van der Waals surface area contributed by atoms with E-state index in [1.165, 1.54) is 0 Å². The second-order valence-corrected chi connectivity index (χ2v) is 10.1. The highest BCUT2D eigenvalue weighted by Gasteiger charge is 2.20. The fourth-order valence-corrected chi connectivity index (χ4v) is 4.92. The van der Waals surface area contributed by atoms with Gasteiger partial charge in [-0.1, -0.05) is 0 Å². The lowest BCUT2D eigenvalue weighted by molar-refractivity contribution is 0.0240. The molecule has 2 fully saturated rings. The first-order chi connectivity index (χ1) is 20.3. The number of nitrogens with zero attached hydrogens (tertiary/aromatic N) is 4. The summed E-state index contributed by atoms with van der Waals surface area (Å²) >= 11 is 0. The normalized spacial score (nSPS) is 16.4. The fraction of sp³-hybridized carbons (Fsp3) is 0.387. The number of morpholine rings is 1. The number of anilines is 2. The summed E-state index contributed by atoms with van der Waals surface area (Å²) in [4.78, 5) is 15.6. The van der Waals surface area contributed by atoms with Crippen LogP contribution in [0.1, 0.15) is 19.3 Å². The van der Waals surface area contributed by atoms with E-state index in [1.807, 2.05) is 48.5 Å². The number of hydrogen-bond donors (Lipinski definition) is 1. The van der Waals surface area contributed by atoms with Gasteiger partial charge in [0, 0.05) is 55.8 Å². The maximum absolute atomic E-state index is 6.48. The van der Waals surface area contributed by atoms with Crippen molar-refractivity contribution in [2.24, 2.45) is 0 Å². The maximum Gasteiger partial charge on any atom is 0.163 e. The van der Waals surface area contributed by atoms with Crippen molar-refractivity contribution in [3.05, 3.63) is 67.3 Å². The van der Waals surface area contributed by atoms with E-state index < -0.39 is 0 Å². The van der Waals surface area contributed by atoms with E-state index in [9.17, 15) is 0 Å². The minimum atomic E-state index is 0.0744. The molecule has 1 N–H and O–H groups in total. The lowest BCUT2D eigenvalue weighted by atomic mass is 10.1. The van der Waals surface area contributed by atoms with E-state index in [1.54, 1.807) is 18.7 Å². The Morgan fingerprint density at radius 2 is 1.73 bits per heavy atom. The summed E-state index contributed by atoms with van der Waals surface area (Å²) in [5, 5.41) is 4.28. The second kappa shape index (κ2) is 13.6. The van der Waals surface area contributed by atoms with Crippen LogP contribution in [0.4, 0.5) is 11.5 Å². The van der Waals surface area contributed by atoms with Crippen LogP contribution in [0.2, 0.25) is 0 Å². The van der Waals surface area contributed by atoms with Crippen molar-refractivity contribution in [3.63, 3.8) is 0 Å². The molecule has 6 rings (SSSR count). The third kappa shape index (κ3) is 7.40. The topological polar surface area (TPSA) is 100 Å².